The molecule has 0 bridgehead atoms. The van der Waals surface area contributed by atoms with Crippen LogP contribution in [0, 0.1) is 6.92 Å². The molecular weight excluding hydrogens is 868 g/mol. The molecule has 0 unspecified atom stereocenters. The summed E-state index contributed by atoms with van der Waals surface area (Å²) in [6, 6.07) is 37.5. The van der Waals surface area contributed by atoms with Crippen LogP contribution in [0.15, 0.2) is 91.0 Å². The number of rotatable bonds is 8. The van der Waals surface area contributed by atoms with E-state index in [0.29, 0.717) is 0 Å². The zero-order valence-corrected chi connectivity index (χ0v) is 47.4. The minimum Gasteiger partial charge on any atom is -0.355 e. The fraction of sp³-hybridized carbons (Fsp3) is 0.478. The smallest absolute Gasteiger partial charge is 0.199 e. The highest BCUT2D eigenvalue weighted by Gasteiger charge is 2.44. The summed E-state index contributed by atoms with van der Waals surface area (Å²) in [7, 11) is 0.870. The van der Waals surface area contributed by atoms with Crippen molar-refractivity contribution in [1.29, 1.82) is 0 Å². The van der Waals surface area contributed by atoms with Crippen molar-refractivity contribution in [2.24, 2.45) is 0 Å². The number of anilines is 5. The Morgan fingerprint density at radius 2 is 1.01 bits per heavy atom. The maximum absolute atomic E-state index is 4.25. The first-order chi connectivity index (χ1) is 33.8. The second kappa shape index (κ2) is 16.5. The van der Waals surface area contributed by atoms with Crippen LogP contribution in [-0.4, -0.2) is 7.28 Å². The average Bonchev–Trinajstić information content (AvgIpc) is 3.56. The van der Waals surface area contributed by atoms with E-state index in [1.165, 1.54) is 175 Å². The second-order valence-electron chi connectivity index (χ2n) is 28.1. The van der Waals surface area contributed by atoms with Gasteiger partial charge in [0.05, 0.1) is 0 Å². The van der Waals surface area contributed by atoms with Crippen LogP contribution in [0.5, 0.6) is 0 Å². The fourth-order valence-corrected chi connectivity index (χ4v) is 14.6. The summed E-state index contributed by atoms with van der Waals surface area (Å²) < 4.78 is 0. The van der Waals surface area contributed by atoms with E-state index in [1.54, 1.807) is 0 Å². The molecule has 0 saturated heterocycles. The highest BCUT2D eigenvalue weighted by molar-refractivity contribution is 6.74. The predicted molar refractivity (Wildman–Crippen MR) is 314 cm³/mol. The van der Waals surface area contributed by atoms with Crippen LogP contribution in [0.25, 0.3) is 22.3 Å². The van der Waals surface area contributed by atoms with Crippen LogP contribution in [0.3, 0.4) is 0 Å². The minimum absolute atomic E-state index is 0.0495. The zero-order valence-electron chi connectivity index (χ0n) is 47.4. The zero-order chi connectivity index (χ0) is 51.3. The van der Waals surface area contributed by atoms with Gasteiger partial charge in [-0.15, -0.1) is 0 Å². The van der Waals surface area contributed by atoms with Crippen molar-refractivity contribution in [3.63, 3.8) is 0 Å². The number of aryl methyl sites for hydroxylation is 2. The summed E-state index contributed by atoms with van der Waals surface area (Å²) >= 11 is 0. The monoisotopic (exact) mass is 953 g/mol. The molecule has 11 rings (SSSR count). The van der Waals surface area contributed by atoms with Crippen molar-refractivity contribution < 1.29 is 0 Å². The van der Waals surface area contributed by atoms with Gasteiger partial charge >= 0.3 is 0 Å². The van der Waals surface area contributed by atoms with Gasteiger partial charge in [-0.2, -0.15) is 0 Å². The van der Waals surface area contributed by atoms with Gasteiger partial charge in [-0.3, -0.25) is 0 Å². The largest absolute Gasteiger partial charge is 0.355 e. The van der Waals surface area contributed by atoms with Crippen molar-refractivity contribution >= 4 is 46.6 Å². The van der Waals surface area contributed by atoms with Gasteiger partial charge in [0.25, 0.3) is 0 Å². The van der Waals surface area contributed by atoms with Crippen LogP contribution < -0.4 is 21.1 Å². The number of fused-ring (bicyclic) bond motifs is 9. The lowest BCUT2D eigenvalue weighted by molar-refractivity contribution is 0.332. The SMILES string of the molecule is CCCCCc1cc(-c2cc3c(cc2Nc2ccc4c(c2)C(C)(C)CCC4(C)C)C(C)(C)CCC3(C)C)c2c(c1)N(c1cc3c(cc1C)C(C)(C)CCC3(C)C)c1ccc3c(c1B2)-c1ccccc1C3(C)C. The van der Waals surface area contributed by atoms with Gasteiger partial charge in [0.15, 0.2) is 7.28 Å². The van der Waals surface area contributed by atoms with Gasteiger partial charge in [0.1, 0.15) is 0 Å². The van der Waals surface area contributed by atoms with Crippen molar-refractivity contribution in [2.45, 2.75) is 213 Å². The molecule has 2 nitrogen and oxygen atoms in total. The van der Waals surface area contributed by atoms with Gasteiger partial charge in [-0.25, -0.2) is 0 Å². The van der Waals surface area contributed by atoms with Crippen LogP contribution in [0.4, 0.5) is 28.4 Å². The Kier molecular flexibility index (Phi) is 11.3. The molecule has 1 aliphatic heterocycles. The van der Waals surface area contributed by atoms with Gasteiger partial charge < -0.3 is 10.2 Å². The fourth-order valence-electron chi connectivity index (χ4n) is 14.6. The summed E-state index contributed by atoms with van der Waals surface area (Å²) in [5, 5.41) is 4.25. The number of nitrogens with one attached hydrogen (secondary N) is 1. The Hall–Kier alpha value is -5.02. The van der Waals surface area contributed by atoms with Crippen LogP contribution >= 0.6 is 0 Å². The molecule has 0 radical (unpaired) electrons. The molecule has 1 heterocycles. The first-order valence-corrected chi connectivity index (χ1v) is 28.3. The maximum atomic E-state index is 4.25. The summed E-state index contributed by atoms with van der Waals surface area (Å²) in [6.45, 7) is 39.4. The molecule has 6 aromatic carbocycles. The molecule has 3 heteroatoms. The van der Waals surface area contributed by atoms with E-state index in [-0.39, 0.29) is 37.9 Å². The lowest BCUT2D eigenvalue weighted by Gasteiger charge is -2.44. The first-order valence-electron chi connectivity index (χ1n) is 28.3. The topological polar surface area (TPSA) is 15.3 Å². The highest BCUT2D eigenvalue weighted by atomic mass is 15.2. The van der Waals surface area contributed by atoms with E-state index in [9.17, 15) is 0 Å². The van der Waals surface area contributed by atoms with Crippen molar-refractivity contribution in [3.05, 3.63) is 147 Å². The number of nitrogens with zero attached hydrogens (tertiary/aromatic N) is 1. The third-order valence-electron chi connectivity index (χ3n) is 19.8. The first kappa shape index (κ1) is 49.2. The molecule has 0 fully saturated rings. The van der Waals surface area contributed by atoms with Crippen LogP contribution in [-0.2, 0) is 44.3 Å². The highest BCUT2D eigenvalue weighted by Crippen LogP contribution is 2.55. The van der Waals surface area contributed by atoms with E-state index in [2.05, 4.69) is 212 Å². The number of unbranched alkanes of at least 4 members (excludes halogenated alkanes) is 2. The lowest BCUT2D eigenvalue weighted by atomic mass is 9.55. The molecule has 0 spiro atoms. The van der Waals surface area contributed by atoms with Crippen molar-refractivity contribution in [3.8, 4) is 22.3 Å². The Bertz CT molecular complexity index is 3200. The Labute approximate surface area is 436 Å². The van der Waals surface area contributed by atoms with Crippen molar-refractivity contribution in [1.82, 2.24) is 0 Å². The third kappa shape index (κ3) is 7.69. The third-order valence-corrected chi connectivity index (χ3v) is 19.8. The molecule has 0 aromatic heterocycles. The van der Waals surface area contributed by atoms with E-state index in [0.717, 1.165) is 13.7 Å². The quantitative estimate of drug-likeness (QED) is 0.121. The van der Waals surface area contributed by atoms with Gasteiger partial charge in [-0.05, 0) is 216 Å². The van der Waals surface area contributed by atoms with E-state index in [4.69, 9.17) is 0 Å². The predicted octanol–water partition coefficient (Wildman–Crippen LogP) is 17.7. The molecule has 0 atom stereocenters. The maximum Gasteiger partial charge on any atom is 0.199 e. The molecule has 1 N–H and O–H groups in total. The lowest BCUT2D eigenvalue weighted by Crippen LogP contribution is -2.43. The minimum atomic E-state index is -0.0952. The normalized spacial score (nSPS) is 20.4. The number of hydrogen-bond donors (Lipinski definition) is 1. The molecule has 6 aromatic rings. The molecule has 374 valence electrons. The Morgan fingerprint density at radius 3 is 1.65 bits per heavy atom. The summed E-state index contributed by atoms with van der Waals surface area (Å²) in [4.78, 5) is 2.76. The van der Waals surface area contributed by atoms with Gasteiger partial charge in [-0.1, -0.05) is 165 Å². The standard InChI is InChI=1S/C69H85BN2/c1-17-18-19-22-43-36-47(46-39-53-54(67(11,12)33-32-66(53,9)10)40-56(46)71-44-25-26-49-52(38-44)65(7,8)30-29-63(49,3)4)61-59(37-43)72(58-41-55-51(35-42(58)2)64(5,6)31-34-68(55,13)14)57-28-27-50-60(62(57)70-61)45-23-20-21-24-48(45)69(50,15)16/h20-21,23-28,35-41,70-71H,17-19,22,29-34H2,1-16H3. The molecule has 0 amide bonds. The summed E-state index contributed by atoms with van der Waals surface area (Å²) in [5.74, 6) is 0. The second-order valence-corrected chi connectivity index (χ2v) is 28.1. The average molecular weight is 953 g/mol. The molecule has 4 aliphatic carbocycles. The molecule has 5 aliphatic rings. The summed E-state index contributed by atoms with van der Waals surface area (Å²) in [5.41, 5.74) is 30.2. The summed E-state index contributed by atoms with van der Waals surface area (Å²) in [6.07, 6.45) is 11.9. The van der Waals surface area contributed by atoms with Gasteiger partial charge in [0, 0.05) is 39.4 Å². The number of hydrogen-bond acceptors (Lipinski definition) is 2. The Balaban J connectivity index is 1.22. The molecule has 0 saturated carbocycles. The Morgan fingerprint density at radius 1 is 0.458 bits per heavy atom. The van der Waals surface area contributed by atoms with E-state index < -0.39 is 0 Å². The van der Waals surface area contributed by atoms with Crippen molar-refractivity contribution in [2.75, 3.05) is 10.2 Å². The van der Waals surface area contributed by atoms with Crippen LogP contribution in [0.2, 0.25) is 0 Å². The van der Waals surface area contributed by atoms with E-state index >= 15 is 0 Å². The van der Waals surface area contributed by atoms with Crippen LogP contribution in [0.1, 0.15) is 217 Å². The van der Waals surface area contributed by atoms with Gasteiger partial charge in [0.2, 0.25) is 0 Å². The number of benzene rings is 6. The molecular formula is C69H85BN2. The molecule has 72 heavy (non-hydrogen) atoms. The van der Waals surface area contributed by atoms with E-state index in [1.807, 2.05) is 0 Å².